The van der Waals surface area contributed by atoms with Gasteiger partial charge < -0.3 is 10.1 Å². The maximum Gasteiger partial charge on any atom is 0.224 e. The van der Waals surface area contributed by atoms with E-state index in [1.807, 2.05) is 39.0 Å². The van der Waals surface area contributed by atoms with Crippen LogP contribution in [0.2, 0.25) is 0 Å². The van der Waals surface area contributed by atoms with Crippen molar-refractivity contribution in [2.24, 2.45) is 0 Å². The lowest BCUT2D eigenvalue weighted by molar-refractivity contribution is -0.116. The van der Waals surface area contributed by atoms with Gasteiger partial charge in [-0.05, 0) is 57.5 Å². The monoisotopic (exact) mass is 379 g/mol. The van der Waals surface area contributed by atoms with Gasteiger partial charge in [0.2, 0.25) is 11.8 Å². The molecule has 3 aromatic rings. The highest BCUT2D eigenvalue weighted by molar-refractivity contribution is 5.90. The summed E-state index contributed by atoms with van der Waals surface area (Å²) in [4.78, 5) is 20.6. The van der Waals surface area contributed by atoms with E-state index in [1.165, 1.54) is 0 Å². The van der Waals surface area contributed by atoms with Crippen LogP contribution in [0.3, 0.4) is 0 Å². The van der Waals surface area contributed by atoms with Gasteiger partial charge in [0.25, 0.3) is 0 Å². The van der Waals surface area contributed by atoms with Crippen LogP contribution in [0.1, 0.15) is 43.4 Å². The molecule has 1 aromatic carbocycles. The van der Waals surface area contributed by atoms with E-state index in [0.717, 1.165) is 29.9 Å². The van der Waals surface area contributed by atoms with Gasteiger partial charge in [0, 0.05) is 23.9 Å². The number of amides is 1. The van der Waals surface area contributed by atoms with Crippen molar-refractivity contribution in [1.82, 2.24) is 19.7 Å². The lowest BCUT2D eigenvalue weighted by atomic mass is 10.2. The number of anilines is 1. The molecule has 3 rings (SSSR count). The summed E-state index contributed by atoms with van der Waals surface area (Å²) in [5.41, 5.74) is 2.66. The van der Waals surface area contributed by atoms with Crippen molar-refractivity contribution in [1.29, 1.82) is 0 Å². The second kappa shape index (κ2) is 8.65. The molecule has 7 nitrogen and oxygen atoms in total. The normalized spacial score (nSPS) is 10.7. The van der Waals surface area contributed by atoms with Crippen molar-refractivity contribution in [2.45, 2.75) is 47.0 Å². The fraction of sp³-hybridized carbons (Fsp3) is 0.333. The molecule has 0 aliphatic carbocycles. The molecule has 0 aliphatic rings. The summed E-state index contributed by atoms with van der Waals surface area (Å²) >= 11 is 0. The van der Waals surface area contributed by atoms with E-state index in [-0.39, 0.29) is 5.91 Å². The molecule has 0 saturated heterocycles. The molecular weight excluding hydrogens is 354 g/mol. The number of carbonyl (C=O) groups excluding carboxylic acids is 1. The zero-order valence-corrected chi connectivity index (χ0v) is 16.7. The molecule has 1 N–H and O–H groups in total. The molecule has 0 fully saturated rings. The molecule has 28 heavy (non-hydrogen) atoms. The van der Waals surface area contributed by atoms with Crippen LogP contribution in [0.5, 0.6) is 11.6 Å². The molecule has 0 radical (unpaired) electrons. The summed E-state index contributed by atoms with van der Waals surface area (Å²) in [5.74, 6) is 2.35. The molecule has 0 saturated carbocycles. The van der Waals surface area contributed by atoms with E-state index in [0.29, 0.717) is 29.7 Å². The Bertz CT molecular complexity index is 963. The van der Waals surface area contributed by atoms with E-state index in [2.05, 4.69) is 27.3 Å². The van der Waals surface area contributed by atoms with E-state index in [1.54, 1.807) is 22.9 Å². The summed E-state index contributed by atoms with van der Waals surface area (Å²) in [6, 6.07) is 11.0. The molecular formula is C21H25N5O2. The summed E-state index contributed by atoms with van der Waals surface area (Å²) < 4.78 is 7.66. The first kappa shape index (κ1) is 19.5. The topological polar surface area (TPSA) is 81.9 Å². The van der Waals surface area contributed by atoms with Gasteiger partial charge in [0.1, 0.15) is 11.6 Å². The van der Waals surface area contributed by atoms with Crippen molar-refractivity contribution in [3.63, 3.8) is 0 Å². The number of hydrogen-bond acceptors (Lipinski definition) is 5. The number of unbranched alkanes of at least 4 members (excludes halogenated alkanes) is 1. The molecule has 1 amide bonds. The lowest BCUT2D eigenvalue weighted by Crippen LogP contribution is -2.10. The van der Waals surface area contributed by atoms with E-state index < -0.39 is 0 Å². The van der Waals surface area contributed by atoms with E-state index >= 15 is 0 Å². The minimum atomic E-state index is 0.0245. The number of benzene rings is 1. The van der Waals surface area contributed by atoms with Crippen molar-refractivity contribution in [3.8, 4) is 17.4 Å². The van der Waals surface area contributed by atoms with Crippen LogP contribution >= 0.6 is 0 Å². The van der Waals surface area contributed by atoms with Gasteiger partial charge in [-0.2, -0.15) is 10.1 Å². The van der Waals surface area contributed by atoms with Crippen LogP contribution in [0.4, 0.5) is 5.69 Å². The average Bonchev–Trinajstić information content (AvgIpc) is 2.99. The highest BCUT2D eigenvalue weighted by Gasteiger charge is 2.10. The summed E-state index contributed by atoms with van der Waals surface area (Å²) in [6.45, 7) is 7.80. The highest BCUT2D eigenvalue weighted by atomic mass is 16.5. The van der Waals surface area contributed by atoms with Crippen molar-refractivity contribution in [3.05, 3.63) is 53.6 Å². The SMILES string of the molecule is CCCCC(=O)Nc1ccc(Oc2cc(-n3nc(C)cc3C)nc(C)n2)cc1. The Kier molecular flexibility index (Phi) is 6.03. The first-order chi connectivity index (χ1) is 13.4. The Hall–Kier alpha value is -3.22. The van der Waals surface area contributed by atoms with Gasteiger partial charge in [-0.15, -0.1) is 0 Å². The predicted octanol–water partition coefficient (Wildman–Crippen LogP) is 4.51. The van der Waals surface area contributed by atoms with Crippen LogP contribution in [-0.2, 0) is 4.79 Å². The van der Waals surface area contributed by atoms with Gasteiger partial charge in [0.05, 0.1) is 5.69 Å². The summed E-state index contributed by atoms with van der Waals surface area (Å²) in [6.07, 6.45) is 2.42. The molecule has 7 heteroatoms. The number of ether oxygens (including phenoxy) is 1. The standard InChI is InChI=1S/C21H25N5O2/c1-5-6-7-20(27)24-17-8-10-18(11-9-17)28-21-13-19(22-16(4)23-21)26-15(3)12-14(2)25-26/h8-13H,5-7H2,1-4H3,(H,24,27). The number of aryl methyl sites for hydroxylation is 3. The Morgan fingerprint density at radius 3 is 2.50 bits per heavy atom. The molecule has 2 heterocycles. The van der Waals surface area contributed by atoms with Gasteiger partial charge in [-0.3, -0.25) is 4.79 Å². The van der Waals surface area contributed by atoms with Gasteiger partial charge in [-0.25, -0.2) is 9.67 Å². The molecule has 146 valence electrons. The predicted molar refractivity (Wildman–Crippen MR) is 108 cm³/mol. The first-order valence-corrected chi connectivity index (χ1v) is 9.41. The molecule has 2 aromatic heterocycles. The van der Waals surface area contributed by atoms with Crippen molar-refractivity contribution >= 4 is 11.6 Å². The summed E-state index contributed by atoms with van der Waals surface area (Å²) in [5, 5.41) is 7.35. The third-order valence-corrected chi connectivity index (χ3v) is 4.15. The number of rotatable bonds is 7. The maximum absolute atomic E-state index is 11.8. The molecule has 0 spiro atoms. The highest BCUT2D eigenvalue weighted by Crippen LogP contribution is 2.23. The van der Waals surface area contributed by atoms with Crippen LogP contribution in [-0.4, -0.2) is 25.7 Å². The molecule has 0 unspecified atom stereocenters. The number of nitrogens with one attached hydrogen (secondary N) is 1. The van der Waals surface area contributed by atoms with E-state index in [4.69, 9.17) is 4.74 Å². The number of aromatic nitrogens is 4. The quantitative estimate of drug-likeness (QED) is 0.653. The molecule has 0 aliphatic heterocycles. The molecule has 0 bridgehead atoms. The minimum Gasteiger partial charge on any atom is -0.439 e. The van der Waals surface area contributed by atoms with E-state index in [9.17, 15) is 4.79 Å². The second-order valence-corrected chi connectivity index (χ2v) is 6.73. The van der Waals surface area contributed by atoms with Crippen LogP contribution < -0.4 is 10.1 Å². The largest absolute Gasteiger partial charge is 0.439 e. The average molecular weight is 379 g/mol. The maximum atomic E-state index is 11.8. The second-order valence-electron chi connectivity index (χ2n) is 6.73. The summed E-state index contributed by atoms with van der Waals surface area (Å²) in [7, 11) is 0. The van der Waals surface area contributed by atoms with Crippen LogP contribution in [0.15, 0.2) is 36.4 Å². The third-order valence-electron chi connectivity index (χ3n) is 4.15. The smallest absolute Gasteiger partial charge is 0.224 e. The van der Waals surface area contributed by atoms with Gasteiger partial charge >= 0.3 is 0 Å². The fourth-order valence-electron chi connectivity index (χ4n) is 2.83. The Morgan fingerprint density at radius 1 is 1.11 bits per heavy atom. The van der Waals surface area contributed by atoms with Gasteiger partial charge in [-0.1, -0.05) is 13.3 Å². The van der Waals surface area contributed by atoms with Gasteiger partial charge in [0.15, 0.2) is 5.82 Å². The molecule has 0 atom stereocenters. The van der Waals surface area contributed by atoms with Crippen LogP contribution in [0.25, 0.3) is 5.82 Å². The number of nitrogens with zero attached hydrogens (tertiary/aromatic N) is 4. The Labute approximate surface area is 164 Å². The first-order valence-electron chi connectivity index (χ1n) is 9.41. The van der Waals surface area contributed by atoms with Crippen molar-refractivity contribution in [2.75, 3.05) is 5.32 Å². The zero-order chi connectivity index (χ0) is 20.1. The number of hydrogen-bond donors (Lipinski definition) is 1. The Morgan fingerprint density at radius 2 is 1.86 bits per heavy atom. The zero-order valence-electron chi connectivity index (χ0n) is 16.7. The van der Waals surface area contributed by atoms with Crippen molar-refractivity contribution < 1.29 is 9.53 Å². The Balaban J connectivity index is 1.73. The number of carbonyl (C=O) groups is 1. The third kappa shape index (κ3) is 4.94. The minimum absolute atomic E-state index is 0.0245. The van der Waals surface area contributed by atoms with Crippen LogP contribution in [0, 0.1) is 20.8 Å². The fourth-order valence-corrected chi connectivity index (χ4v) is 2.83. The lowest BCUT2D eigenvalue weighted by Gasteiger charge is -2.10.